The van der Waals surface area contributed by atoms with E-state index >= 15 is 0 Å². The first-order valence-electron chi connectivity index (χ1n) is 8.93. The van der Waals surface area contributed by atoms with Crippen LogP contribution in [0.25, 0.3) is 0 Å². The predicted octanol–water partition coefficient (Wildman–Crippen LogP) is 0.897. The van der Waals surface area contributed by atoms with Crippen molar-refractivity contribution in [2.45, 2.75) is 32.7 Å². The standard InChI is InChI=1S/C17H31N3O2/c1-14-10-18(11-16-4-9-22-13-16)12-17(14)20-6-3-5-19(7-8-20)15(2)21/h14,16-17H,3-13H2,1-2H3/t14-,16+,17+/m0/s1. The molecule has 1 amide bonds. The van der Waals surface area contributed by atoms with Gasteiger partial charge in [-0.25, -0.2) is 0 Å². The van der Waals surface area contributed by atoms with Gasteiger partial charge in [0.1, 0.15) is 0 Å². The monoisotopic (exact) mass is 309 g/mol. The number of hydrogen-bond donors (Lipinski definition) is 0. The molecule has 0 aliphatic carbocycles. The van der Waals surface area contributed by atoms with Crippen molar-refractivity contribution in [1.82, 2.24) is 14.7 Å². The SMILES string of the molecule is CC(=O)N1CCCN([C@@H]2CN(C[C@H]3CCOC3)C[C@@H]2C)CC1. The summed E-state index contributed by atoms with van der Waals surface area (Å²) < 4.78 is 5.51. The molecule has 0 bridgehead atoms. The summed E-state index contributed by atoms with van der Waals surface area (Å²) in [5.41, 5.74) is 0. The Bertz CT molecular complexity index is 384. The third-order valence-electron chi connectivity index (χ3n) is 5.63. The van der Waals surface area contributed by atoms with E-state index in [0.29, 0.717) is 6.04 Å². The van der Waals surface area contributed by atoms with Crippen molar-refractivity contribution in [3.8, 4) is 0 Å². The minimum atomic E-state index is 0.226. The molecule has 3 saturated heterocycles. The van der Waals surface area contributed by atoms with Crippen molar-refractivity contribution in [2.75, 3.05) is 59.0 Å². The lowest BCUT2D eigenvalue weighted by Gasteiger charge is -2.30. The molecular formula is C17H31N3O2. The van der Waals surface area contributed by atoms with Gasteiger partial charge in [-0.3, -0.25) is 9.69 Å². The Morgan fingerprint density at radius 3 is 2.77 bits per heavy atom. The average Bonchev–Trinajstić information content (AvgIpc) is 3.03. The number of rotatable bonds is 3. The smallest absolute Gasteiger partial charge is 0.219 e. The Morgan fingerprint density at radius 2 is 2.05 bits per heavy atom. The van der Waals surface area contributed by atoms with Crippen molar-refractivity contribution in [3.05, 3.63) is 0 Å². The molecule has 3 rings (SSSR count). The molecular weight excluding hydrogens is 278 g/mol. The van der Waals surface area contributed by atoms with E-state index in [-0.39, 0.29) is 5.91 Å². The highest BCUT2D eigenvalue weighted by molar-refractivity contribution is 5.73. The fourth-order valence-electron chi connectivity index (χ4n) is 4.35. The van der Waals surface area contributed by atoms with E-state index in [1.165, 1.54) is 26.1 Å². The van der Waals surface area contributed by atoms with Crippen molar-refractivity contribution >= 4 is 5.91 Å². The van der Waals surface area contributed by atoms with Gasteiger partial charge in [0.05, 0.1) is 6.61 Å². The summed E-state index contributed by atoms with van der Waals surface area (Å²) in [6.45, 7) is 13.6. The number of ether oxygens (including phenoxy) is 1. The number of carbonyl (C=O) groups is 1. The summed E-state index contributed by atoms with van der Waals surface area (Å²) in [4.78, 5) is 18.9. The molecule has 0 aromatic carbocycles. The molecule has 22 heavy (non-hydrogen) atoms. The van der Waals surface area contributed by atoms with Crippen LogP contribution in [-0.2, 0) is 9.53 Å². The van der Waals surface area contributed by atoms with Gasteiger partial charge in [-0.2, -0.15) is 0 Å². The molecule has 3 aliphatic heterocycles. The lowest BCUT2D eigenvalue weighted by molar-refractivity contribution is -0.128. The van der Waals surface area contributed by atoms with Crippen LogP contribution < -0.4 is 0 Å². The Labute approximate surface area is 134 Å². The lowest BCUT2D eigenvalue weighted by atomic mass is 10.0. The molecule has 3 atom stereocenters. The van der Waals surface area contributed by atoms with Crippen molar-refractivity contribution in [1.29, 1.82) is 0 Å². The van der Waals surface area contributed by atoms with Crippen LogP contribution in [0.5, 0.6) is 0 Å². The zero-order chi connectivity index (χ0) is 15.5. The molecule has 0 aromatic rings. The predicted molar refractivity (Wildman–Crippen MR) is 86.8 cm³/mol. The molecule has 3 heterocycles. The second kappa shape index (κ2) is 7.28. The van der Waals surface area contributed by atoms with E-state index in [4.69, 9.17) is 4.74 Å². The number of amides is 1. The van der Waals surface area contributed by atoms with E-state index in [9.17, 15) is 4.79 Å². The molecule has 126 valence electrons. The van der Waals surface area contributed by atoms with Gasteiger partial charge in [0, 0.05) is 65.4 Å². The van der Waals surface area contributed by atoms with Crippen LogP contribution in [0.4, 0.5) is 0 Å². The first-order valence-corrected chi connectivity index (χ1v) is 8.93. The fourth-order valence-corrected chi connectivity index (χ4v) is 4.35. The minimum absolute atomic E-state index is 0.226. The van der Waals surface area contributed by atoms with Gasteiger partial charge in [0.15, 0.2) is 0 Å². The van der Waals surface area contributed by atoms with Gasteiger partial charge in [0.2, 0.25) is 5.91 Å². The van der Waals surface area contributed by atoms with Crippen LogP contribution in [0.3, 0.4) is 0 Å². The average molecular weight is 309 g/mol. The Kier molecular flexibility index (Phi) is 5.37. The summed E-state index contributed by atoms with van der Waals surface area (Å²) in [6, 6.07) is 0.661. The molecule has 3 aliphatic rings. The molecule has 0 spiro atoms. The third kappa shape index (κ3) is 3.81. The highest BCUT2D eigenvalue weighted by Crippen LogP contribution is 2.25. The van der Waals surface area contributed by atoms with Crippen LogP contribution in [0.15, 0.2) is 0 Å². The second-order valence-electron chi connectivity index (χ2n) is 7.39. The zero-order valence-electron chi connectivity index (χ0n) is 14.2. The van der Waals surface area contributed by atoms with Gasteiger partial charge >= 0.3 is 0 Å². The van der Waals surface area contributed by atoms with Gasteiger partial charge in [-0.1, -0.05) is 6.92 Å². The lowest BCUT2D eigenvalue weighted by Crippen LogP contribution is -2.43. The first-order chi connectivity index (χ1) is 10.6. The molecule has 3 fully saturated rings. The van der Waals surface area contributed by atoms with E-state index in [0.717, 1.165) is 57.6 Å². The van der Waals surface area contributed by atoms with Crippen LogP contribution in [0.2, 0.25) is 0 Å². The molecule has 5 heteroatoms. The van der Waals surface area contributed by atoms with Gasteiger partial charge in [-0.05, 0) is 24.7 Å². The van der Waals surface area contributed by atoms with Crippen molar-refractivity contribution in [2.24, 2.45) is 11.8 Å². The zero-order valence-corrected chi connectivity index (χ0v) is 14.2. The van der Waals surface area contributed by atoms with Crippen molar-refractivity contribution < 1.29 is 9.53 Å². The van der Waals surface area contributed by atoms with Crippen LogP contribution >= 0.6 is 0 Å². The molecule has 0 saturated carbocycles. The van der Waals surface area contributed by atoms with E-state index < -0.39 is 0 Å². The van der Waals surface area contributed by atoms with Crippen molar-refractivity contribution in [3.63, 3.8) is 0 Å². The van der Waals surface area contributed by atoms with Gasteiger partial charge in [0.25, 0.3) is 0 Å². The summed E-state index contributed by atoms with van der Waals surface area (Å²) >= 11 is 0. The second-order valence-corrected chi connectivity index (χ2v) is 7.39. The molecule has 0 radical (unpaired) electrons. The largest absolute Gasteiger partial charge is 0.381 e. The summed E-state index contributed by atoms with van der Waals surface area (Å²) in [7, 11) is 0. The topological polar surface area (TPSA) is 36.0 Å². The number of hydrogen-bond acceptors (Lipinski definition) is 4. The van der Waals surface area contributed by atoms with Crippen LogP contribution in [0, 0.1) is 11.8 Å². The highest BCUT2D eigenvalue weighted by Gasteiger charge is 2.35. The number of carbonyl (C=O) groups excluding carboxylic acids is 1. The maximum absolute atomic E-state index is 11.6. The summed E-state index contributed by atoms with van der Waals surface area (Å²) in [6.07, 6.45) is 2.34. The Morgan fingerprint density at radius 1 is 1.18 bits per heavy atom. The Balaban J connectivity index is 1.52. The molecule has 0 aromatic heterocycles. The summed E-state index contributed by atoms with van der Waals surface area (Å²) in [5, 5.41) is 0. The summed E-state index contributed by atoms with van der Waals surface area (Å²) in [5.74, 6) is 1.69. The van der Waals surface area contributed by atoms with E-state index in [1.807, 2.05) is 4.90 Å². The Hall–Kier alpha value is -0.650. The third-order valence-corrected chi connectivity index (χ3v) is 5.63. The number of likely N-dealkylation sites (tertiary alicyclic amines) is 1. The molecule has 5 nitrogen and oxygen atoms in total. The van der Waals surface area contributed by atoms with Crippen LogP contribution in [-0.4, -0.2) is 85.7 Å². The van der Waals surface area contributed by atoms with Crippen LogP contribution in [0.1, 0.15) is 26.7 Å². The first kappa shape index (κ1) is 16.2. The normalized spacial score (nSPS) is 35.0. The quantitative estimate of drug-likeness (QED) is 0.776. The number of nitrogens with zero attached hydrogens (tertiary/aromatic N) is 3. The molecule has 0 unspecified atom stereocenters. The van der Waals surface area contributed by atoms with E-state index in [2.05, 4.69) is 16.7 Å². The minimum Gasteiger partial charge on any atom is -0.381 e. The van der Waals surface area contributed by atoms with Gasteiger partial charge < -0.3 is 14.5 Å². The maximum Gasteiger partial charge on any atom is 0.219 e. The molecule has 0 N–H and O–H groups in total. The highest BCUT2D eigenvalue weighted by atomic mass is 16.5. The maximum atomic E-state index is 11.6. The van der Waals surface area contributed by atoms with E-state index in [1.54, 1.807) is 6.92 Å². The van der Waals surface area contributed by atoms with Gasteiger partial charge in [-0.15, -0.1) is 0 Å². The fraction of sp³-hybridized carbons (Fsp3) is 0.941.